The van der Waals surface area contributed by atoms with Gasteiger partial charge in [0.25, 0.3) is 0 Å². The molecular weight excluding hydrogens is 673 g/mol. The van der Waals surface area contributed by atoms with Crippen molar-refractivity contribution in [3.63, 3.8) is 0 Å². The van der Waals surface area contributed by atoms with Crippen LogP contribution in [0.1, 0.15) is 31.2 Å². The number of imidazole rings is 1. The number of carbonyl (C=O) groups is 2. The minimum atomic E-state index is -4.50. The second-order valence-corrected chi connectivity index (χ2v) is 13.5. The number of H-pyrrole nitrogens is 1. The minimum Gasteiger partial charge on any atom is -0.480 e. The molecule has 0 radical (unpaired) electrons. The SMILES string of the molecule is CSCC[C@H](NN(CC1CC1)c1cc(-c2ccc3nc(Nc4cc(CN5CCN(C(=O)CC(F)(F)F)CC5)ccn4)[nH]c3c2)ncn1)C(=O)O. The van der Waals surface area contributed by atoms with Gasteiger partial charge in [0.15, 0.2) is 0 Å². The smallest absolute Gasteiger partial charge is 0.397 e. The van der Waals surface area contributed by atoms with Gasteiger partial charge in [0.05, 0.1) is 16.7 Å². The number of pyridine rings is 1. The van der Waals surface area contributed by atoms with Crippen molar-refractivity contribution in [1.82, 2.24) is 40.1 Å². The number of hydrogen-bond donors (Lipinski definition) is 4. The van der Waals surface area contributed by atoms with Crippen LogP contribution in [0.25, 0.3) is 22.3 Å². The number of carbonyl (C=O) groups excluding carboxylic acids is 1. The van der Waals surface area contributed by atoms with Crippen molar-refractivity contribution in [2.45, 2.75) is 44.4 Å². The fourth-order valence-electron chi connectivity index (χ4n) is 5.78. The van der Waals surface area contributed by atoms with Crippen LogP contribution < -0.4 is 15.8 Å². The van der Waals surface area contributed by atoms with E-state index in [1.54, 1.807) is 18.0 Å². The van der Waals surface area contributed by atoms with Crippen LogP contribution in [-0.2, 0) is 16.1 Å². The van der Waals surface area contributed by atoms with Crippen molar-refractivity contribution in [3.05, 3.63) is 54.5 Å². The van der Waals surface area contributed by atoms with Crippen molar-refractivity contribution in [2.75, 3.05) is 55.1 Å². The molecule has 1 amide bonds. The fourth-order valence-corrected chi connectivity index (χ4v) is 6.25. The van der Waals surface area contributed by atoms with Crippen molar-refractivity contribution >= 4 is 52.3 Å². The number of halogens is 3. The van der Waals surface area contributed by atoms with Gasteiger partial charge in [0, 0.05) is 57.1 Å². The van der Waals surface area contributed by atoms with Crippen LogP contribution in [0.15, 0.2) is 48.9 Å². The summed E-state index contributed by atoms with van der Waals surface area (Å²) >= 11 is 1.61. The molecule has 6 rings (SSSR count). The second kappa shape index (κ2) is 15.6. The van der Waals surface area contributed by atoms with Crippen LogP contribution >= 0.6 is 11.8 Å². The van der Waals surface area contributed by atoms with Gasteiger partial charge >= 0.3 is 12.1 Å². The predicted molar refractivity (Wildman–Crippen MR) is 185 cm³/mol. The Labute approximate surface area is 291 Å². The highest BCUT2D eigenvalue weighted by Gasteiger charge is 2.34. The number of thioether (sulfide) groups is 1. The summed E-state index contributed by atoms with van der Waals surface area (Å²) in [5.41, 5.74) is 7.18. The lowest BCUT2D eigenvalue weighted by Crippen LogP contribution is -2.50. The van der Waals surface area contributed by atoms with Crippen LogP contribution in [0, 0.1) is 5.92 Å². The number of aromatic nitrogens is 5. The van der Waals surface area contributed by atoms with Gasteiger partial charge in [-0.25, -0.2) is 25.4 Å². The molecule has 1 aromatic carbocycles. The van der Waals surface area contributed by atoms with E-state index in [2.05, 4.69) is 40.6 Å². The van der Waals surface area contributed by atoms with E-state index in [9.17, 15) is 27.9 Å². The quantitative estimate of drug-likeness (QED) is 0.127. The van der Waals surface area contributed by atoms with Gasteiger partial charge in [-0.3, -0.25) is 19.5 Å². The molecule has 1 aliphatic carbocycles. The summed E-state index contributed by atoms with van der Waals surface area (Å²) in [6.07, 6.45) is 1.87. The van der Waals surface area contributed by atoms with Crippen molar-refractivity contribution in [3.8, 4) is 11.3 Å². The van der Waals surface area contributed by atoms with E-state index >= 15 is 0 Å². The number of benzene rings is 1. The Kier molecular flexibility index (Phi) is 11.0. The highest BCUT2D eigenvalue weighted by atomic mass is 32.2. The topological polar surface area (TPSA) is 155 Å². The number of aromatic amines is 1. The number of rotatable bonds is 15. The van der Waals surface area contributed by atoms with E-state index in [0.717, 1.165) is 40.8 Å². The molecule has 4 aromatic rings. The average molecular weight is 713 g/mol. The van der Waals surface area contributed by atoms with E-state index in [4.69, 9.17) is 0 Å². The van der Waals surface area contributed by atoms with Gasteiger partial charge in [-0.05, 0) is 67.0 Å². The van der Waals surface area contributed by atoms with E-state index in [0.29, 0.717) is 61.8 Å². The molecule has 4 heterocycles. The van der Waals surface area contributed by atoms with E-state index < -0.39 is 30.5 Å². The van der Waals surface area contributed by atoms with E-state index in [-0.39, 0.29) is 13.1 Å². The Morgan fingerprint density at radius 3 is 2.62 bits per heavy atom. The molecule has 0 spiro atoms. The van der Waals surface area contributed by atoms with Crippen LogP contribution in [0.5, 0.6) is 0 Å². The molecule has 1 aliphatic heterocycles. The maximum absolute atomic E-state index is 12.6. The molecule has 1 atom stereocenters. The third kappa shape index (κ3) is 9.60. The highest BCUT2D eigenvalue weighted by Crippen LogP contribution is 2.32. The summed E-state index contributed by atoms with van der Waals surface area (Å²) in [5, 5.41) is 14.9. The lowest BCUT2D eigenvalue weighted by molar-refractivity contribution is -0.162. The normalized spacial score (nSPS) is 16.0. The molecule has 1 saturated carbocycles. The van der Waals surface area contributed by atoms with Gasteiger partial charge in [0.2, 0.25) is 11.9 Å². The maximum atomic E-state index is 12.6. The van der Waals surface area contributed by atoms with Crippen LogP contribution in [0.4, 0.5) is 30.8 Å². The lowest BCUT2D eigenvalue weighted by Gasteiger charge is -2.35. The summed E-state index contributed by atoms with van der Waals surface area (Å²) in [4.78, 5) is 48.6. The highest BCUT2D eigenvalue weighted by molar-refractivity contribution is 7.98. The number of carboxylic acid groups (broad SMARTS) is 1. The molecule has 50 heavy (non-hydrogen) atoms. The molecule has 13 nitrogen and oxygen atoms in total. The zero-order valence-corrected chi connectivity index (χ0v) is 28.3. The largest absolute Gasteiger partial charge is 0.480 e. The van der Waals surface area contributed by atoms with Crippen molar-refractivity contribution in [2.24, 2.45) is 5.92 Å². The van der Waals surface area contributed by atoms with E-state index in [1.807, 2.05) is 47.7 Å². The number of piperazine rings is 1. The van der Waals surface area contributed by atoms with Gasteiger partial charge in [-0.2, -0.15) is 24.9 Å². The number of nitrogens with zero attached hydrogens (tertiary/aromatic N) is 7. The third-order valence-corrected chi connectivity index (χ3v) is 9.26. The molecule has 0 bridgehead atoms. The summed E-state index contributed by atoms with van der Waals surface area (Å²) in [7, 11) is 0. The Morgan fingerprint density at radius 2 is 1.90 bits per heavy atom. The average Bonchev–Trinajstić information content (AvgIpc) is 3.82. The molecule has 0 unspecified atom stereocenters. The second-order valence-electron chi connectivity index (χ2n) is 12.6. The molecule has 4 N–H and O–H groups in total. The van der Waals surface area contributed by atoms with Crippen LogP contribution in [-0.4, -0.2) is 109 Å². The number of fused-ring (bicyclic) bond motifs is 1. The Balaban J connectivity index is 1.10. The standard InChI is InChI=1S/C33H39F3N10O3S/c1-50-13-7-25(31(48)49)43-46(19-21-2-3-21)29-16-26(38-20-39-29)23-4-5-24-27(15-23)41-32(40-24)42-28-14-22(6-8-37-28)18-44-9-11-45(12-10-44)30(47)17-33(34,35)36/h4-6,8,14-16,20-21,25,43H,2-3,7,9-13,17-19H2,1H3,(H,48,49)(H2,37,40,41,42)/t25-/m0/s1. The Bertz CT molecular complexity index is 1800. The zero-order valence-electron chi connectivity index (χ0n) is 27.5. The first-order valence-electron chi connectivity index (χ1n) is 16.4. The van der Waals surface area contributed by atoms with Crippen LogP contribution in [0.3, 0.4) is 0 Å². The van der Waals surface area contributed by atoms with E-state index in [1.165, 1.54) is 11.2 Å². The van der Waals surface area contributed by atoms with Gasteiger partial charge in [0.1, 0.15) is 30.4 Å². The minimum absolute atomic E-state index is 0.252. The predicted octanol–water partition coefficient (Wildman–Crippen LogP) is 4.68. The summed E-state index contributed by atoms with van der Waals surface area (Å²) in [6, 6.07) is 10.6. The summed E-state index contributed by atoms with van der Waals surface area (Å²) in [5.74, 6) is 1.09. The van der Waals surface area contributed by atoms with Crippen LogP contribution in [0.2, 0.25) is 0 Å². The third-order valence-electron chi connectivity index (χ3n) is 8.62. The fraction of sp³-hybridized carbons (Fsp3) is 0.455. The van der Waals surface area contributed by atoms with Crippen molar-refractivity contribution in [1.29, 1.82) is 0 Å². The monoisotopic (exact) mass is 712 g/mol. The first kappa shape index (κ1) is 35.3. The number of anilines is 3. The molecule has 17 heteroatoms. The summed E-state index contributed by atoms with van der Waals surface area (Å²) in [6.45, 7) is 2.68. The Hall–Kier alpha value is -4.48. The van der Waals surface area contributed by atoms with Gasteiger partial charge in [-0.15, -0.1) is 0 Å². The zero-order chi connectivity index (χ0) is 35.3. The molecule has 266 valence electrons. The number of hydrogen-bond acceptors (Lipinski definition) is 11. The number of amides is 1. The summed E-state index contributed by atoms with van der Waals surface area (Å²) < 4.78 is 37.9. The molecule has 2 aliphatic rings. The number of hydrazine groups is 1. The molecule has 2 fully saturated rings. The van der Waals surface area contributed by atoms with Crippen molar-refractivity contribution < 1.29 is 27.9 Å². The maximum Gasteiger partial charge on any atom is 0.397 e. The molecule has 1 saturated heterocycles. The first-order chi connectivity index (χ1) is 24.0. The van der Waals surface area contributed by atoms with Gasteiger partial charge in [-0.1, -0.05) is 6.07 Å². The number of nitrogens with one attached hydrogen (secondary N) is 3. The number of aliphatic carboxylic acids is 1. The number of alkyl halides is 3. The Morgan fingerprint density at radius 1 is 1.10 bits per heavy atom. The number of carboxylic acids is 1. The molecule has 3 aromatic heterocycles. The lowest BCUT2D eigenvalue weighted by atomic mass is 10.1. The first-order valence-corrected chi connectivity index (χ1v) is 17.8. The van der Waals surface area contributed by atoms with Gasteiger partial charge < -0.3 is 20.3 Å². The molecular formula is C33H39F3N10O3S.